The maximum Gasteiger partial charge on any atom is 0.234 e. The molecular weight excluding hydrogens is 226 g/mol. The second-order valence-electron chi connectivity index (χ2n) is 5.78. The van der Waals surface area contributed by atoms with Crippen LogP contribution in [0.4, 0.5) is 0 Å². The Balaban J connectivity index is 2.09. The Morgan fingerprint density at radius 3 is 2.67 bits per heavy atom. The van der Waals surface area contributed by atoms with E-state index in [4.69, 9.17) is 0 Å². The van der Waals surface area contributed by atoms with Gasteiger partial charge in [-0.1, -0.05) is 20.8 Å². The molecule has 1 aliphatic rings. The van der Waals surface area contributed by atoms with Crippen molar-refractivity contribution in [3.63, 3.8) is 0 Å². The van der Waals surface area contributed by atoms with Crippen LogP contribution in [0.15, 0.2) is 0 Å². The molecule has 18 heavy (non-hydrogen) atoms. The molecule has 0 bridgehead atoms. The van der Waals surface area contributed by atoms with Gasteiger partial charge < -0.3 is 15.5 Å². The van der Waals surface area contributed by atoms with E-state index < -0.39 is 0 Å². The molecule has 1 saturated heterocycles. The Hall–Kier alpha value is -0.610. The first-order valence-electron chi connectivity index (χ1n) is 7.25. The Labute approximate surface area is 111 Å². The standard InChI is InChI=1S/C14H29N3O/c1-5-17-7-6-13(10-17)8-15-9-14(18)16-12(4)11(2)3/h11-13,15H,5-10H2,1-4H3,(H,16,18). The zero-order chi connectivity index (χ0) is 13.5. The molecule has 1 rings (SSSR count). The molecule has 106 valence electrons. The van der Waals surface area contributed by atoms with E-state index >= 15 is 0 Å². The van der Waals surface area contributed by atoms with Crippen LogP contribution in [0.2, 0.25) is 0 Å². The zero-order valence-corrected chi connectivity index (χ0v) is 12.3. The highest BCUT2D eigenvalue weighted by Gasteiger charge is 2.20. The molecule has 0 aromatic rings. The van der Waals surface area contributed by atoms with Crippen molar-refractivity contribution in [2.24, 2.45) is 11.8 Å². The number of carbonyl (C=O) groups is 1. The maximum atomic E-state index is 11.7. The fourth-order valence-corrected chi connectivity index (χ4v) is 2.23. The van der Waals surface area contributed by atoms with Crippen molar-refractivity contribution in [3.8, 4) is 0 Å². The van der Waals surface area contributed by atoms with Gasteiger partial charge in [0, 0.05) is 12.6 Å². The number of likely N-dealkylation sites (tertiary alicyclic amines) is 1. The number of rotatable bonds is 7. The number of amides is 1. The Kier molecular flexibility index (Phi) is 6.65. The summed E-state index contributed by atoms with van der Waals surface area (Å²) in [4.78, 5) is 14.1. The second-order valence-corrected chi connectivity index (χ2v) is 5.78. The fourth-order valence-electron chi connectivity index (χ4n) is 2.23. The topological polar surface area (TPSA) is 44.4 Å². The van der Waals surface area contributed by atoms with Crippen LogP contribution in [-0.4, -0.2) is 49.6 Å². The number of hydrogen-bond donors (Lipinski definition) is 2. The molecule has 2 atom stereocenters. The zero-order valence-electron chi connectivity index (χ0n) is 12.3. The quantitative estimate of drug-likeness (QED) is 0.715. The first-order chi connectivity index (χ1) is 8.52. The van der Waals surface area contributed by atoms with Crippen molar-refractivity contribution < 1.29 is 4.79 Å². The Bertz CT molecular complexity index is 255. The predicted molar refractivity (Wildman–Crippen MR) is 75.5 cm³/mol. The molecule has 1 aliphatic heterocycles. The van der Waals surface area contributed by atoms with Gasteiger partial charge in [0.25, 0.3) is 0 Å². The van der Waals surface area contributed by atoms with Gasteiger partial charge in [-0.2, -0.15) is 0 Å². The summed E-state index contributed by atoms with van der Waals surface area (Å²) in [5, 5.41) is 6.29. The van der Waals surface area contributed by atoms with Crippen molar-refractivity contribution in [2.45, 2.75) is 40.2 Å². The molecule has 4 nitrogen and oxygen atoms in total. The highest BCUT2D eigenvalue weighted by Crippen LogP contribution is 2.14. The second kappa shape index (κ2) is 7.74. The third kappa shape index (κ3) is 5.36. The van der Waals surface area contributed by atoms with Crippen molar-refractivity contribution in [2.75, 3.05) is 32.7 Å². The van der Waals surface area contributed by atoms with Gasteiger partial charge in [0.2, 0.25) is 5.91 Å². The summed E-state index contributed by atoms with van der Waals surface area (Å²) in [5.41, 5.74) is 0. The van der Waals surface area contributed by atoms with Gasteiger partial charge in [0.15, 0.2) is 0 Å². The average Bonchev–Trinajstić information content (AvgIpc) is 2.76. The minimum atomic E-state index is 0.113. The number of hydrogen-bond acceptors (Lipinski definition) is 3. The minimum absolute atomic E-state index is 0.113. The third-order valence-electron chi connectivity index (χ3n) is 3.92. The summed E-state index contributed by atoms with van der Waals surface area (Å²) in [5.74, 6) is 1.31. The lowest BCUT2D eigenvalue weighted by Crippen LogP contribution is -2.42. The molecule has 1 fully saturated rings. The summed E-state index contributed by atoms with van der Waals surface area (Å²) >= 11 is 0. The van der Waals surface area contributed by atoms with Crippen LogP contribution in [0, 0.1) is 11.8 Å². The van der Waals surface area contributed by atoms with E-state index in [1.807, 2.05) is 0 Å². The molecular formula is C14H29N3O. The van der Waals surface area contributed by atoms with Gasteiger partial charge >= 0.3 is 0 Å². The molecule has 2 unspecified atom stereocenters. The molecule has 0 radical (unpaired) electrons. The molecule has 0 aromatic heterocycles. The van der Waals surface area contributed by atoms with Crippen LogP contribution < -0.4 is 10.6 Å². The van der Waals surface area contributed by atoms with Gasteiger partial charge in [-0.05, 0) is 44.8 Å². The van der Waals surface area contributed by atoms with Crippen LogP contribution >= 0.6 is 0 Å². The first-order valence-corrected chi connectivity index (χ1v) is 7.25. The van der Waals surface area contributed by atoms with Crippen molar-refractivity contribution in [1.82, 2.24) is 15.5 Å². The van der Waals surface area contributed by atoms with Crippen molar-refractivity contribution in [1.29, 1.82) is 0 Å². The molecule has 1 heterocycles. The highest BCUT2D eigenvalue weighted by atomic mass is 16.1. The Morgan fingerprint density at radius 2 is 2.11 bits per heavy atom. The molecule has 2 N–H and O–H groups in total. The summed E-state index contributed by atoms with van der Waals surface area (Å²) in [6.45, 7) is 13.4. The van der Waals surface area contributed by atoms with E-state index in [2.05, 4.69) is 43.2 Å². The summed E-state index contributed by atoms with van der Waals surface area (Å²) in [6.07, 6.45) is 1.25. The minimum Gasteiger partial charge on any atom is -0.352 e. The number of nitrogens with one attached hydrogen (secondary N) is 2. The van der Waals surface area contributed by atoms with Crippen LogP contribution in [0.25, 0.3) is 0 Å². The normalized spacial score (nSPS) is 22.4. The predicted octanol–water partition coefficient (Wildman–Crippen LogP) is 1.08. The number of carbonyl (C=O) groups excluding carboxylic acids is 1. The Morgan fingerprint density at radius 1 is 1.39 bits per heavy atom. The first kappa shape index (κ1) is 15.4. The third-order valence-corrected chi connectivity index (χ3v) is 3.92. The number of nitrogens with zero attached hydrogens (tertiary/aromatic N) is 1. The largest absolute Gasteiger partial charge is 0.352 e. The average molecular weight is 255 g/mol. The van der Waals surface area contributed by atoms with E-state index in [1.54, 1.807) is 0 Å². The maximum absolute atomic E-state index is 11.7. The molecule has 1 amide bonds. The lowest BCUT2D eigenvalue weighted by molar-refractivity contribution is -0.121. The molecule has 0 spiro atoms. The van der Waals surface area contributed by atoms with Gasteiger partial charge in [0.1, 0.15) is 0 Å². The van der Waals surface area contributed by atoms with Crippen LogP contribution in [0.1, 0.15) is 34.1 Å². The van der Waals surface area contributed by atoms with Crippen molar-refractivity contribution >= 4 is 5.91 Å². The smallest absolute Gasteiger partial charge is 0.234 e. The van der Waals surface area contributed by atoms with E-state index in [0.29, 0.717) is 18.4 Å². The molecule has 0 saturated carbocycles. The molecule has 0 aromatic carbocycles. The molecule has 4 heteroatoms. The van der Waals surface area contributed by atoms with Crippen molar-refractivity contribution in [3.05, 3.63) is 0 Å². The molecule has 0 aliphatic carbocycles. The fraction of sp³-hybridized carbons (Fsp3) is 0.929. The van der Waals surface area contributed by atoms with Gasteiger partial charge in [-0.25, -0.2) is 0 Å². The van der Waals surface area contributed by atoms with Crippen LogP contribution in [0.5, 0.6) is 0 Å². The van der Waals surface area contributed by atoms with E-state index in [1.165, 1.54) is 19.5 Å². The van der Waals surface area contributed by atoms with E-state index in [9.17, 15) is 4.79 Å². The van der Waals surface area contributed by atoms with E-state index in [-0.39, 0.29) is 11.9 Å². The van der Waals surface area contributed by atoms with Gasteiger partial charge in [-0.15, -0.1) is 0 Å². The summed E-state index contributed by atoms with van der Waals surface area (Å²) in [7, 11) is 0. The van der Waals surface area contributed by atoms with E-state index in [0.717, 1.165) is 13.1 Å². The lowest BCUT2D eigenvalue weighted by Gasteiger charge is -2.18. The lowest BCUT2D eigenvalue weighted by atomic mass is 10.1. The van der Waals surface area contributed by atoms with Crippen LogP contribution in [0.3, 0.4) is 0 Å². The summed E-state index contributed by atoms with van der Waals surface area (Å²) < 4.78 is 0. The van der Waals surface area contributed by atoms with Crippen LogP contribution in [-0.2, 0) is 4.79 Å². The van der Waals surface area contributed by atoms with Gasteiger partial charge in [0.05, 0.1) is 6.54 Å². The highest BCUT2D eigenvalue weighted by molar-refractivity contribution is 5.78. The van der Waals surface area contributed by atoms with Gasteiger partial charge in [-0.3, -0.25) is 4.79 Å². The monoisotopic (exact) mass is 255 g/mol. The summed E-state index contributed by atoms with van der Waals surface area (Å²) in [6, 6.07) is 0.251. The SMILES string of the molecule is CCN1CCC(CNCC(=O)NC(C)C(C)C)C1.